The number of hydrogen-bond acceptors (Lipinski definition) is 1. The highest BCUT2D eigenvalue weighted by molar-refractivity contribution is 9.12. The van der Waals surface area contributed by atoms with Crippen LogP contribution in [0.5, 0.6) is 0 Å². The van der Waals surface area contributed by atoms with E-state index in [1.807, 2.05) is 30.0 Å². The molecule has 2 rings (SSSR count). The van der Waals surface area contributed by atoms with E-state index in [9.17, 15) is 4.39 Å². The van der Waals surface area contributed by atoms with Gasteiger partial charge >= 0.3 is 0 Å². The van der Waals surface area contributed by atoms with Crippen LogP contribution in [0.3, 0.4) is 0 Å². The van der Waals surface area contributed by atoms with Crippen LogP contribution in [0.1, 0.15) is 12.5 Å². The second-order valence-electron chi connectivity index (χ2n) is 3.88. The quantitative estimate of drug-likeness (QED) is 0.701. The molecule has 0 unspecified atom stereocenters. The zero-order valence-electron chi connectivity index (χ0n) is 9.88. The average Bonchev–Trinajstić information content (AvgIpc) is 2.33. The predicted molar refractivity (Wildman–Crippen MR) is 80.6 cm³/mol. The minimum absolute atomic E-state index is 0.242. The summed E-state index contributed by atoms with van der Waals surface area (Å²) < 4.78 is 15.7. The lowest BCUT2D eigenvalue weighted by molar-refractivity contribution is 0.521. The number of halogens is 3. The van der Waals surface area contributed by atoms with Crippen LogP contribution in [0.4, 0.5) is 4.39 Å². The number of likely N-dealkylation sites (N-methyl/N-ethyl adjacent to an activating group) is 1. The van der Waals surface area contributed by atoms with Gasteiger partial charge in [0.05, 0.1) is 5.70 Å². The van der Waals surface area contributed by atoms with E-state index in [2.05, 4.69) is 38.4 Å². The predicted octanol–water partition coefficient (Wildman–Crippen LogP) is 5.06. The van der Waals surface area contributed by atoms with Crippen molar-refractivity contribution >= 4 is 37.6 Å². The highest BCUT2D eigenvalue weighted by Crippen LogP contribution is 2.34. The van der Waals surface area contributed by atoms with E-state index in [1.54, 1.807) is 6.07 Å². The van der Waals surface area contributed by atoms with Crippen molar-refractivity contribution in [3.05, 3.63) is 63.0 Å². The van der Waals surface area contributed by atoms with Crippen molar-refractivity contribution in [1.29, 1.82) is 0 Å². The molecule has 0 aromatic heterocycles. The van der Waals surface area contributed by atoms with Crippen LogP contribution in [-0.2, 0) is 0 Å². The van der Waals surface area contributed by atoms with Gasteiger partial charge in [0, 0.05) is 26.8 Å². The Balaban J connectivity index is 2.52. The lowest BCUT2D eigenvalue weighted by Crippen LogP contribution is -2.23. The molecule has 1 aromatic carbocycles. The first-order valence-electron chi connectivity index (χ1n) is 5.54. The molecule has 4 heteroatoms. The van der Waals surface area contributed by atoms with Crippen LogP contribution in [0.25, 0.3) is 5.70 Å². The molecular weight excluding hydrogens is 361 g/mol. The van der Waals surface area contributed by atoms with Gasteiger partial charge in [-0.15, -0.1) is 0 Å². The molecule has 1 aliphatic heterocycles. The summed E-state index contributed by atoms with van der Waals surface area (Å²) in [6.45, 7) is 6.76. The fourth-order valence-corrected chi connectivity index (χ4v) is 2.59. The number of rotatable bonds is 2. The molecule has 0 amide bonds. The molecule has 94 valence electrons. The number of nitrogens with zero attached hydrogens (tertiary/aromatic N) is 1. The zero-order valence-corrected chi connectivity index (χ0v) is 13.1. The second-order valence-corrected chi connectivity index (χ2v) is 5.65. The Bertz CT molecular complexity index is 561. The fraction of sp³-hybridized carbons (Fsp3) is 0.143. The topological polar surface area (TPSA) is 3.24 Å². The van der Waals surface area contributed by atoms with Crippen molar-refractivity contribution in [1.82, 2.24) is 4.90 Å². The molecule has 1 nitrogen and oxygen atoms in total. The Labute approximate surface area is 123 Å². The van der Waals surface area contributed by atoms with Gasteiger partial charge in [0.25, 0.3) is 0 Å². The minimum Gasteiger partial charge on any atom is -0.341 e. The summed E-state index contributed by atoms with van der Waals surface area (Å²) in [5, 5.41) is 0. The lowest BCUT2D eigenvalue weighted by atomic mass is 10.1. The van der Waals surface area contributed by atoms with Gasteiger partial charge in [-0.2, -0.15) is 0 Å². The molecule has 0 saturated heterocycles. The third kappa shape index (κ3) is 2.45. The van der Waals surface area contributed by atoms with Gasteiger partial charge in [-0.05, 0) is 53.2 Å². The molecule has 1 aromatic rings. The van der Waals surface area contributed by atoms with Crippen LogP contribution in [0.15, 0.2) is 51.6 Å². The first kappa shape index (κ1) is 13.6. The third-order valence-corrected chi connectivity index (χ3v) is 4.02. The number of hydrogen-bond donors (Lipinski definition) is 0. The highest BCUT2D eigenvalue weighted by Gasteiger charge is 2.20. The van der Waals surface area contributed by atoms with E-state index < -0.39 is 0 Å². The number of allylic oxidation sites excluding steroid dienone is 3. The van der Waals surface area contributed by atoms with Crippen molar-refractivity contribution in [2.45, 2.75) is 6.92 Å². The van der Waals surface area contributed by atoms with Crippen molar-refractivity contribution in [3.8, 4) is 0 Å². The van der Waals surface area contributed by atoms with E-state index in [0.717, 1.165) is 26.9 Å². The van der Waals surface area contributed by atoms with Gasteiger partial charge in [-0.25, -0.2) is 4.39 Å². The summed E-state index contributed by atoms with van der Waals surface area (Å²) in [7, 11) is 0. The average molecular weight is 373 g/mol. The van der Waals surface area contributed by atoms with E-state index in [-0.39, 0.29) is 5.82 Å². The van der Waals surface area contributed by atoms with Crippen molar-refractivity contribution in [2.75, 3.05) is 6.54 Å². The largest absolute Gasteiger partial charge is 0.341 e. The summed E-state index contributed by atoms with van der Waals surface area (Å²) in [5.41, 5.74) is 2.26. The lowest BCUT2D eigenvalue weighted by Gasteiger charge is -2.30. The van der Waals surface area contributed by atoms with Crippen LogP contribution < -0.4 is 0 Å². The van der Waals surface area contributed by atoms with Gasteiger partial charge in [0.1, 0.15) is 5.82 Å². The van der Waals surface area contributed by atoms with Gasteiger partial charge in [-0.1, -0.05) is 22.5 Å². The van der Waals surface area contributed by atoms with E-state index in [0.29, 0.717) is 5.56 Å². The molecule has 18 heavy (non-hydrogen) atoms. The van der Waals surface area contributed by atoms with Gasteiger partial charge in [-0.3, -0.25) is 0 Å². The van der Waals surface area contributed by atoms with Crippen molar-refractivity contribution in [3.63, 3.8) is 0 Å². The SMILES string of the molecule is C=C1C(Br)=CC=C(c2ccc(Br)cc2F)N1CC. The Hall–Kier alpha value is -0.870. The molecule has 0 N–H and O–H groups in total. The Morgan fingerprint density at radius 3 is 2.61 bits per heavy atom. The fourth-order valence-electron chi connectivity index (χ4n) is 1.91. The maximum atomic E-state index is 14.0. The summed E-state index contributed by atoms with van der Waals surface area (Å²) in [4.78, 5) is 1.98. The van der Waals surface area contributed by atoms with Crippen LogP contribution in [-0.4, -0.2) is 11.4 Å². The molecular formula is C14H12Br2FN. The Kier molecular flexibility index (Phi) is 4.07. The molecule has 0 bridgehead atoms. The Morgan fingerprint density at radius 2 is 2.00 bits per heavy atom. The Morgan fingerprint density at radius 1 is 1.28 bits per heavy atom. The second kappa shape index (κ2) is 5.41. The summed E-state index contributed by atoms with van der Waals surface area (Å²) in [6.07, 6.45) is 3.79. The molecule has 0 fully saturated rings. The monoisotopic (exact) mass is 371 g/mol. The van der Waals surface area contributed by atoms with Crippen LogP contribution in [0.2, 0.25) is 0 Å². The summed E-state index contributed by atoms with van der Waals surface area (Å²) in [6, 6.07) is 5.08. The van der Waals surface area contributed by atoms with Gasteiger partial charge < -0.3 is 4.90 Å². The molecule has 1 heterocycles. The zero-order chi connectivity index (χ0) is 13.3. The standard InChI is InChI=1S/C14H12Br2FN/c1-3-18-9(2)12(16)6-7-14(18)11-5-4-10(15)8-13(11)17/h4-8H,2-3H2,1H3. The molecule has 0 aliphatic carbocycles. The first-order valence-corrected chi connectivity index (χ1v) is 7.13. The molecule has 0 spiro atoms. The van der Waals surface area contributed by atoms with Crippen LogP contribution in [0, 0.1) is 5.82 Å². The smallest absolute Gasteiger partial charge is 0.133 e. The van der Waals surface area contributed by atoms with Crippen LogP contribution >= 0.6 is 31.9 Å². The normalized spacial score (nSPS) is 15.6. The molecule has 0 radical (unpaired) electrons. The third-order valence-electron chi connectivity index (χ3n) is 2.80. The van der Waals surface area contributed by atoms with E-state index in [1.165, 1.54) is 6.07 Å². The van der Waals surface area contributed by atoms with Crippen molar-refractivity contribution < 1.29 is 4.39 Å². The van der Waals surface area contributed by atoms with Gasteiger partial charge in [0.15, 0.2) is 0 Å². The molecule has 0 saturated carbocycles. The summed E-state index contributed by atoms with van der Waals surface area (Å²) in [5.74, 6) is -0.242. The minimum atomic E-state index is -0.242. The van der Waals surface area contributed by atoms with E-state index >= 15 is 0 Å². The highest BCUT2D eigenvalue weighted by atomic mass is 79.9. The van der Waals surface area contributed by atoms with Gasteiger partial charge in [0.2, 0.25) is 0 Å². The first-order chi connectivity index (χ1) is 8.54. The summed E-state index contributed by atoms with van der Waals surface area (Å²) >= 11 is 6.70. The molecule has 0 atom stereocenters. The molecule has 1 aliphatic rings. The maximum absolute atomic E-state index is 14.0. The van der Waals surface area contributed by atoms with Crippen molar-refractivity contribution in [2.24, 2.45) is 0 Å². The number of benzene rings is 1. The van der Waals surface area contributed by atoms with E-state index in [4.69, 9.17) is 0 Å². The maximum Gasteiger partial charge on any atom is 0.133 e.